The summed E-state index contributed by atoms with van der Waals surface area (Å²) in [4.78, 5) is 29.7. The van der Waals surface area contributed by atoms with E-state index in [0.29, 0.717) is 37.7 Å². The topological polar surface area (TPSA) is 73.2 Å². The second-order valence-corrected chi connectivity index (χ2v) is 13.4. The molecule has 0 radical (unpaired) electrons. The molecule has 230 valence electrons. The summed E-state index contributed by atoms with van der Waals surface area (Å²) in [6.45, 7) is 8.23. The number of methoxy groups -OCH3 is 1. The molecule has 2 fully saturated rings. The van der Waals surface area contributed by atoms with Gasteiger partial charge in [-0.1, -0.05) is 37.5 Å². The van der Waals surface area contributed by atoms with Crippen LogP contribution in [-0.4, -0.2) is 78.0 Å². The van der Waals surface area contributed by atoms with Crippen molar-refractivity contribution in [2.45, 2.75) is 89.4 Å². The van der Waals surface area contributed by atoms with Crippen molar-refractivity contribution in [2.24, 2.45) is 0 Å². The molecule has 3 aromatic rings. The first-order valence-corrected chi connectivity index (χ1v) is 15.8. The Kier molecular flexibility index (Phi) is 8.16. The van der Waals surface area contributed by atoms with Crippen molar-refractivity contribution < 1.29 is 23.8 Å². The maximum atomic E-state index is 12.8. The molecular weight excluding hydrogens is 542 g/mol. The van der Waals surface area contributed by atoms with Crippen molar-refractivity contribution in [1.82, 2.24) is 14.4 Å². The van der Waals surface area contributed by atoms with Crippen molar-refractivity contribution in [2.75, 3.05) is 33.9 Å². The molecule has 8 heteroatoms. The molecule has 1 saturated carbocycles. The van der Waals surface area contributed by atoms with Gasteiger partial charge in [-0.05, 0) is 82.8 Å². The zero-order valence-corrected chi connectivity index (χ0v) is 26.2. The number of hydrogen-bond acceptors (Lipinski definition) is 6. The Labute approximate surface area is 254 Å². The molecule has 3 heterocycles. The standard InChI is InChI=1S/C35H45N3O5/c1-35(2,3)43-34(40)37-18-17-25(20-37)36(4)26-21-38-29-19-24(33(39)41-5)15-16-27(29)31(23-11-7-6-8-12-23)32(38)28-13-9-10-14-30(28)42-22-26/h9-10,13-16,19,23,25-26H,6-8,11-12,17-18,20-22H2,1-5H3/t25-,26+/m0/s1. The van der Waals surface area contributed by atoms with Gasteiger partial charge in [0.05, 0.1) is 24.4 Å². The summed E-state index contributed by atoms with van der Waals surface area (Å²) in [5, 5.41) is 1.21. The van der Waals surface area contributed by atoms with Gasteiger partial charge in [0.2, 0.25) is 0 Å². The highest BCUT2D eigenvalue weighted by atomic mass is 16.6. The summed E-state index contributed by atoms with van der Waals surface area (Å²) in [5.74, 6) is 1.02. The van der Waals surface area contributed by atoms with E-state index in [1.165, 1.54) is 55.9 Å². The lowest BCUT2D eigenvalue weighted by atomic mass is 9.81. The highest BCUT2D eigenvalue weighted by molar-refractivity contribution is 5.99. The van der Waals surface area contributed by atoms with Crippen LogP contribution < -0.4 is 4.74 Å². The molecule has 0 unspecified atom stereocenters. The number of carbonyl (C=O) groups excluding carboxylic acids is 2. The third-order valence-corrected chi connectivity index (χ3v) is 9.47. The lowest BCUT2D eigenvalue weighted by molar-refractivity contribution is 0.0271. The number of para-hydroxylation sites is 1. The molecule has 0 spiro atoms. The van der Waals surface area contributed by atoms with Crippen molar-refractivity contribution in [3.8, 4) is 17.0 Å². The van der Waals surface area contributed by atoms with E-state index in [9.17, 15) is 9.59 Å². The molecule has 0 N–H and O–H groups in total. The van der Waals surface area contributed by atoms with E-state index in [4.69, 9.17) is 14.2 Å². The monoisotopic (exact) mass is 587 g/mol. The van der Waals surface area contributed by atoms with Gasteiger partial charge < -0.3 is 23.7 Å². The fraction of sp³-hybridized carbons (Fsp3) is 0.543. The molecule has 6 rings (SSSR count). The summed E-state index contributed by atoms with van der Waals surface area (Å²) in [5.41, 5.74) is 4.80. The average Bonchev–Trinajstić information content (AvgIpc) is 3.60. The van der Waals surface area contributed by atoms with Crippen LogP contribution in [0.2, 0.25) is 0 Å². The number of esters is 1. The number of ether oxygens (including phenoxy) is 3. The maximum Gasteiger partial charge on any atom is 0.410 e. The van der Waals surface area contributed by atoms with Crippen LogP contribution in [0.4, 0.5) is 4.79 Å². The first kappa shape index (κ1) is 29.5. The van der Waals surface area contributed by atoms with Crippen LogP contribution in [0.5, 0.6) is 5.75 Å². The fourth-order valence-corrected chi connectivity index (χ4v) is 7.25. The fourth-order valence-electron chi connectivity index (χ4n) is 7.25. The second-order valence-electron chi connectivity index (χ2n) is 13.4. The van der Waals surface area contributed by atoms with Gasteiger partial charge in [0.15, 0.2) is 0 Å². The summed E-state index contributed by atoms with van der Waals surface area (Å²) in [7, 11) is 3.58. The molecule has 1 saturated heterocycles. The number of rotatable bonds is 4. The number of aromatic nitrogens is 1. The van der Waals surface area contributed by atoms with Gasteiger partial charge >= 0.3 is 12.1 Å². The lowest BCUT2D eigenvalue weighted by Crippen LogP contribution is -2.48. The van der Waals surface area contributed by atoms with E-state index >= 15 is 0 Å². The largest absolute Gasteiger partial charge is 0.491 e. The SMILES string of the molecule is COC(=O)c1ccc2c(C3CCCCC3)c3n(c2c1)C[C@@H](N(C)[C@H]1CCN(C(=O)OC(C)(C)C)C1)COc1ccccc1-3. The average molecular weight is 588 g/mol. The molecule has 3 aliphatic rings. The van der Waals surface area contributed by atoms with Gasteiger partial charge in [-0.25, -0.2) is 9.59 Å². The Balaban J connectivity index is 1.42. The number of benzene rings is 2. The van der Waals surface area contributed by atoms with Crippen LogP contribution in [0.3, 0.4) is 0 Å². The Morgan fingerprint density at radius 1 is 0.977 bits per heavy atom. The quantitative estimate of drug-likeness (QED) is 0.311. The maximum absolute atomic E-state index is 12.8. The van der Waals surface area contributed by atoms with Gasteiger partial charge in [-0.3, -0.25) is 4.90 Å². The Hall–Kier alpha value is -3.52. The van der Waals surface area contributed by atoms with E-state index in [1.54, 1.807) is 0 Å². The number of likely N-dealkylation sites (N-methyl/N-ethyl adjacent to an activating group) is 1. The lowest BCUT2D eigenvalue weighted by Gasteiger charge is -2.35. The molecule has 2 aromatic carbocycles. The number of carbonyl (C=O) groups is 2. The minimum Gasteiger partial charge on any atom is -0.491 e. The molecule has 2 aliphatic heterocycles. The van der Waals surface area contributed by atoms with Crippen LogP contribution in [0.25, 0.3) is 22.2 Å². The van der Waals surface area contributed by atoms with Crippen LogP contribution in [0, 0.1) is 0 Å². The number of likely N-dealkylation sites (tertiary alicyclic amines) is 1. The molecule has 1 amide bonds. The van der Waals surface area contributed by atoms with Crippen molar-refractivity contribution in [3.63, 3.8) is 0 Å². The Bertz CT molecular complexity index is 1500. The summed E-state index contributed by atoms with van der Waals surface area (Å²) < 4.78 is 19.8. The highest BCUT2D eigenvalue weighted by Crippen LogP contribution is 2.47. The van der Waals surface area contributed by atoms with E-state index in [1.807, 2.05) is 43.9 Å². The molecule has 2 atom stereocenters. The predicted octanol–water partition coefficient (Wildman–Crippen LogP) is 6.84. The van der Waals surface area contributed by atoms with Gasteiger partial charge in [0.1, 0.15) is 18.0 Å². The molecule has 43 heavy (non-hydrogen) atoms. The number of hydrogen-bond donors (Lipinski definition) is 0. The zero-order valence-electron chi connectivity index (χ0n) is 26.2. The van der Waals surface area contributed by atoms with Gasteiger partial charge in [-0.2, -0.15) is 0 Å². The third kappa shape index (κ3) is 5.86. The van der Waals surface area contributed by atoms with Crippen LogP contribution in [0.15, 0.2) is 42.5 Å². The van der Waals surface area contributed by atoms with Crippen molar-refractivity contribution in [3.05, 3.63) is 53.6 Å². The Morgan fingerprint density at radius 2 is 1.74 bits per heavy atom. The number of fused-ring (bicyclic) bond motifs is 5. The molecule has 1 aromatic heterocycles. The summed E-state index contributed by atoms with van der Waals surface area (Å²) >= 11 is 0. The summed E-state index contributed by atoms with van der Waals surface area (Å²) in [6.07, 6.45) is 6.71. The zero-order chi connectivity index (χ0) is 30.3. The van der Waals surface area contributed by atoms with E-state index in [2.05, 4.69) is 40.8 Å². The van der Waals surface area contributed by atoms with Crippen LogP contribution in [0.1, 0.15) is 81.1 Å². The van der Waals surface area contributed by atoms with Gasteiger partial charge in [0, 0.05) is 42.1 Å². The van der Waals surface area contributed by atoms with Gasteiger partial charge in [-0.15, -0.1) is 0 Å². The van der Waals surface area contributed by atoms with Crippen LogP contribution >= 0.6 is 0 Å². The predicted molar refractivity (Wildman–Crippen MR) is 168 cm³/mol. The first-order chi connectivity index (χ1) is 20.6. The summed E-state index contributed by atoms with van der Waals surface area (Å²) in [6, 6.07) is 14.7. The number of nitrogens with zero attached hydrogens (tertiary/aromatic N) is 3. The van der Waals surface area contributed by atoms with Crippen molar-refractivity contribution >= 4 is 23.0 Å². The van der Waals surface area contributed by atoms with Crippen molar-refractivity contribution in [1.29, 1.82) is 0 Å². The van der Waals surface area contributed by atoms with Crippen LogP contribution in [-0.2, 0) is 16.0 Å². The van der Waals surface area contributed by atoms with E-state index in [0.717, 1.165) is 23.3 Å². The Morgan fingerprint density at radius 3 is 2.49 bits per heavy atom. The first-order valence-electron chi connectivity index (χ1n) is 15.8. The molecule has 0 bridgehead atoms. The van der Waals surface area contributed by atoms with Gasteiger partial charge in [0.25, 0.3) is 0 Å². The smallest absolute Gasteiger partial charge is 0.410 e. The third-order valence-electron chi connectivity index (χ3n) is 9.47. The minimum absolute atomic E-state index is 0.0484. The number of amides is 1. The second kappa shape index (κ2) is 11.9. The normalized spacial score (nSPS) is 21.1. The minimum atomic E-state index is -0.521. The molecule has 1 aliphatic carbocycles. The highest BCUT2D eigenvalue weighted by Gasteiger charge is 2.37. The molecular formula is C35H45N3O5. The van der Waals surface area contributed by atoms with E-state index in [-0.39, 0.29) is 24.1 Å². The molecule has 8 nitrogen and oxygen atoms in total. The van der Waals surface area contributed by atoms with E-state index < -0.39 is 5.60 Å².